The Kier molecular flexibility index (Phi) is 5.83. The van der Waals surface area contributed by atoms with E-state index in [9.17, 15) is 4.79 Å². The molecule has 2 heterocycles. The minimum Gasteiger partial charge on any atom is -0.390 e. The number of halogens is 2. The van der Waals surface area contributed by atoms with E-state index in [1.54, 1.807) is 0 Å². The Balaban J connectivity index is 1.87. The van der Waals surface area contributed by atoms with Gasteiger partial charge in [0.25, 0.3) is 5.91 Å². The number of carbonyl (C=O) groups is 1. The van der Waals surface area contributed by atoms with Crippen LogP contribution in [0.2, 0.25) is 10.0 Å². The Morgan fingerprint density at radius 1 is 1.07 bits per heavy atom. The zero-order valence-corrected chi connectivity index (χ0v) is 18.2. The fourth-order valence-corrected chi connectivity index (χ4v) is 4.97. The molecule has 1 amide bonds. The standard InChI is InChI=1S/C22H21Cl2N3OS/c1-13-12-27(11-10-26-13)22(28)19-18(14-2-6-16(23)7-3-14)20(29-21(19)25)15-4-8-17(24)9-5-15/h2-9,13,26H,10-12,25H2,1H3. The summed E-state index contributed by atoms with van der Waals surface area (Å²) in [5.74, 6) is -0.0303. The Morgan fingerprint density at radius 2 is 1.66 bits per heavy atom. The fourth-order valence-electron chi connectivity index (χ4n) is 3.63. The molecular weight excluding hydrogens is 425 g/mol. The zero-order chi connectivity index (χ0) is 20.5. The van der Waals surface area contributed by atoms with Gasteiger partial charge in [-0.25, -0.2) is 0 Å². The van der Waals surface area contributed by atoms with Crippen LogP contribution in [0.4, 0.5) is 5.00 Å². The van der Waals surface area contributed by atoms with Crippen LogP contribution in [0.1, 0.15) is 17.3 Å². The number of amides is 1. The van der Waals surface area contributed by atoms with Crippen molar-refractivity contribution in [3.05, 3.63) is 64.1 Å². The summed E-state index contributed by atoms with van der Waals surface area (Å²) in [5, 5.41) is 5.21. The number of nitrogens with two attached hydrogens (primary N) is 1. The van der Waals surface area contributed by atoms with Gasteiger partial charge in [-0.1, -0.05) is 47.5 Å². The lowest BCUT2D eigenvalue weighted by Gasteiger charge is -2.32. The molecule has 2 aromatic carbocycles. The molecule has 1 aromatic heterocycles. The quantitative estimate of drug-likeness (QED) is 0.566. The van der Waals surface area contributed by atoms with Crippen molar-refractivity contribution in [2.24, 2.45) is 0 Å². The van der Waals surface area contributed by atoms with E-state index in [0.29, 0.717) is 33.7 Å². The first-order chi connectivity index (χ1) is 13.9. The number of hydrogen-bond donors (Lipinski definition) is 2. The van der Waals surface area contributed by atoms with Gasteiger partial charge in [-0.3, -0.25) is 4.79 Å². The van der Waals surface area contributed by atoms with Crippen LogP contribution in [-0.2, 0) is 0 Å². The van der Waals surface area contributed by atoms with Crippen molar-refractivity contribution in [1.29, 1.82) is 0 Å². The molecule has 1 saturated heterocycles. The highest BCUT2D eigenvalue weighted by molar-refractivity contribution is 7.20. The second kappa shape index (κ2) is 8.36. The number of carbonyl (C=O) groups excluding carboxylic acids is 1. The van der Waals surface area contributed by atoms with Gasteiger partial charge in [-0.05, 0) is 42.3 Å². The summed E-state index contributed by atoms with van der Waals surface area (Å²) in [6, 6.07) is 15.4. The number of nitrogen functional groups attached to an aromatic ring is 1. The molecule has 4 rings (SSSR count). The molecule has 1 aliphatic heterocycles. The number of piperazine rings is 1. The van der Waals surface area contributed by atoms with E-state index >= 15 is 0 Å². The monoisotopic (exact) mass is 445 g/mol. The Morgan fingerprint density at radius 3 is 2.24 bits per heavy atom. The average molecular weight is 446 g/mol. The van der Waals surface area contributed by atoms with E-state index in [4.69, 9.17) is 28.9 Å². The van der Waals surface area contributed by atoms with Gasteiger partial charge in [0.2, 0.25) is 0 Å². The predicted octanol–water partition coefficient (Wildman–Crippen LogP) is 5.41. The minimum atomic E-state index is -0.0303. The van der Waals surface area contributed by atoms with Crippen molar-refractivity contribution in [2.45, 2.75) is 13.0 Å². The summed E-state index contributed by atoms with van der Waals surface area (Å²) in [4.78, 5) is 16.3. The van der Waals surface area contributed by atoms with Crippen molar-refractivity contribution in [3.8, 4) is 21.6 Å². The Bertz CT molecular complexity index is 1030. The highest BCUT2D eigenvalue weighted by Crippen LogP contribution is 2.45. The number of rotatable bonds is 3. The van der Waals surface area contributed by atoms with Gasteiger partial charge in [0.05, 0.1) is 10.6 Å². The number of hydrogen-bond acceptors (Lipinski definition) is 4. The zero-order valence-electron chi connectivity index (χ0n) is 15.9. The van der Waals surface area contributed by atoms with Crippen molar-refractivity contribution in [3.63, 3.8) is 0 Å². The molecule has 1 atom stereocenters. The normalized spacial score (nSPS) is 16.8. The Hall–Kier alpha value is -2.05. The van der Waals surface area contributed by atoms with Crippen molar-refractivity contribution < 1.29 is 4.79 Å². The number of nitrogens with zero attached hydrogens (tertiary/aromatic N) is 1. The molecule has 150 valence electrons. The maximum atomic E-state index is 13.5. The topological polar surface area (TPSA) is 58.4 Å². The van der Waals surface area contributed by atoms with Crippen molar-refractivity contribution >= 4 is 45.4 Å². The van der Waals surface area contributed by atoms with Crippen LogP contribution in [0.25, 0.3) is 21.6 Å². The minimum absolute atomic E-state index is 0.0303. The van der Waals surface area contributed by atoms with Gasteiger partial charge < -0.3 is 16.0 Å². The molecule has 4 nitrogen and oxygen atoms in total. The third-order valence-electron chi connectivity index (χ3n) is 5.04. The molecule has 29 heavy (non-hydrogen) atoms. The molecule has 7 heteroatoms. The molecule has 3 aromatic rings. The molecule has 0 saturated carbocycles. The molecule has 1 unspecified atom stereocenters. The molecule has 0 spiro atoms. The highest BCUT2D eigenvalue weighted by Gasteiger charge is 2.29. The smallest absolute Gasteiger partial charge is 0.257 e. The summed E-state index contributed by atoms with van der Waals surface area (Å²) >= 11 is 13.6. The van der Waals surface area contributed by atoms with E-state index < -0.39 is 0 Å². The summed E-state index contributed by atoms with van der Waals surface area (Å²) in [6.45, 7) is 4.17. The summed E-state index contributed by atoms with van der Waals surface area (Å²) in [7, 11) is 0. The van der Waals surface area contributed by atoms with Crippen molar-refractivity contribution in [1.82, 2.24) is 10.2 Å². The van der Waals surface area contributed by atoms with Crippen LogP contribution in [0.3, 0.4) is 0 Å². The largest absolute Gasteiger partial charge is 0.390 e. The van der Waals surface area contributed by atoms with Crippen molar-refractivity contribution in [2.75, 3.05) is 25.4 Å². The van der Waals surface area contributed by atoms with Gasteiger partial charge >= 0.3 is 0 Å². The van der Waals surface area contributed by atoms with E-state index in [1.165, 1.54) is 11.3 Å². The molecule has 0 radical (unpaired) electrons. The molecular formula is C22H21Cl2N3OS. The molecule has 1 aliphatic rings. The van der Waals surface area contributed by atoms with E-state index in [1.807, 2.05) is 53.4 Å². The summed E-state index contributed by atoms with van der Waals surface area (Å²) in [5.41, 5.74) is 9.73. The van der Waals surface area contributed by atoms with Gasteiger partial charge in [0, 0.05) is 46.2 Å². The van der Waals surface area contributed by atoms with Gasteiger partial charge in [0.1, 0.15) is 0 Å². The van der Waals surface area contributed by atoms with Gasteiger partial charge in [-0.2, -0.15) is 0 Å². The lowest BCUT2D eigenvalue weighted by Crippen LogP contribution is -2.51. The third-order valence-corrected chi connectivity index (χ3v) is 6.62. The van der Waals surface area contributed by atoms with Crippen LogP contribution in [0.15, 0.2) is 48.5 Å². The molecule has 1 fully saturated rings. The first-order valence-electron chi connectivity index (χ1n) is 9.41. The van der Waals surface area contributed by atoms with Crippen LogP contribution in [0, 0.1) is 0 Å². The van der Waals surface area contributed by atoms with Crippen LogP contribution in [0.5, 0.6) is 0 Å². The SMILES string of the molecule is CC1CN(C(=O)c2c(N)sc(-c3ccc(Cl)cc3)c2-c2ccc(Cl)cc2)CCN1. The van der Waals surface area contributed by atoms with Crippen LogP contribution >= 0.6 is 34.5 Å². The Labute approximate surface area is 184 Å². The van der Waals surface area contributed by atoms with Crippen LogP contribution in [-0.4, -0.2) is 36.5 Å². The van der Waals surface area contributed by atoms with Gasteiger partial charge in [0.15, 0.2) is 0 Å². The summed E-state index contributed by atoms with van der Waals surface area (Å²) < 4.78 is 0. The van der Waals surface area contributed by atoms with E-state index in [0.717, 1.165) is 28.1 Å². The molecule has 0 aliphatic carbocycles. The summed E-state index contributed by atoms with van der Waals surface area (Å²) in [6.07, 6.45) is 0. The fraction of sp³-hybridized carbons (Fsp3) is 0.227. The number of anilines is 1. The number of nitrogens with one attached hydrogen (secondary N) is 1. The average Bonchev–Trinajstić information content (AvgIpc) is 3.05. The maximum absolute atomic E-state index is 13.5. The highest BCUT2D eigenvalue weighted by atomic mass is 35.5. The molecule has 0 bridgehead atoms. The lowest BCUT2D eigenvalue weighted by atomic mass is 9.97. The second-order valence-corrected chi connectivity index (χ2v) is 9.09. The second-order valence-electron chi connectivity index (χ2n) is 7.17. The van der Waals surface area contributed by atoms with E-state index in [2.05, 4.69) is 12.2 Å². The molecule has 3 N–H and O–H groups in total. The number of benzene rings is 2. The van der Waals surface area contributed by atoms with E-state index in [-0.39, 0.29) is 11.9 Å². The first-order valence-corrected chi connectivity index (χ1v) is 11.0. The first kappa shape index (κ1) is 20.2. The van der Waals surface area contributed by atoms with Crippen LogP contribution < -0.4 is 11.1 Å². The number of thiophene rings is 1. The maximum Gasteiger partial charge on any atom is 0.257 e. The predicted molar refractivity (Wildman–Crippen MR) is 123 cm³/mol. The van der Waals surface area contributed by atoms with Gasteiger partial charge in [-0.15, -0.1) is 11.3 Å². The lowest BCUT2D eigenvalue weighted by molar-refractivity contribution is 0.0711. The third kappa shape index (κ3) is 4.14.